The summed E-state index contributed by atoms with van der Waals surface area (Å²) in [5, 5.41) is 3.52. The lowest BCUT2D eigenvalue weighted by Crippen LogP contribution is -2.37. The van der Waals surface area contributed by atoms with Gasteiger partial charge in [0, 0.05) is 49.9 Å². The van der Waals surface area contributed by atoms with Gasteiger partial charge < -0.3 is 15.0 Å². The van der Waals surface area contributed by atoms with E-state index in [0.29, 0.717) is 12.0 Å². The average Bonchev–Trinajstić information content (AvgIpc) is 2.49. The molecule has 2 rings (SSSR count). The first-order valence-electron chi connectivity index (χ1n) is 8.20. The SMILES string of the molecule is CCOC1CCN(c2ccncc2CNCC(C)C)CC1. The summed E-state index contributed by atoms with van der Waals surface area (Å²) >= 11 is 0. The molecule has 0 unspecified atom stereocenters. The smallest absolute Gasteiger partial charge is 0.0608 e. The molecule has 1 fully saturated rings. The van der Waals surface area contributed by atoms with Crippen LogP contribution in [-0.2, 0) is 11.3 Å². The van der Waals surface area contributed by atoms with Gasteiger partial charge in [-0.3, -0.25) is 4.98 Å². The third-order valence-corrected chi connectivity index (χ3v) is 3.93. The number of hydrogen-bond donors (Lipinski definition) is 1. The van der Waals surface area contributed by atoms with Gasteiger partial charge in [0.15, 0.2) is 0 Å². The molecule has 0 spiro atoms. The minimum absolute atomic E-state index is 0.440. The zero-order valence-electron chi connectivity index (χ0n) is 13.6. The quantitative estimate of drug-likeness (QED) is 0.838. The van der Waals surface area contributed by atoms with E-state index < -0.39 is 0 Å². The van der Waals surface area contributed by atoms with Crippen molar-refractivity contribution in [1.82, 2.24) is 10.3 Å². The van der Waals surface area contributed by atoms with E-state index in [0.717, 1.165) is 45.6 Å². The maximum atomic E-state index is 5.74. The van der Waals surface area contributed by atoms with Crippen molar-refractivity contribution < 1.29 is 4.74 Å². The van der Waals surface area contributed by atoms with Crippen LogP contribution in [0.5, 0.6) is 0 Å². The highest BCUT2D eigenvalue weighted by Gasteiger charge is 2.21. The standard InChI is InChI=1S/C17H29N3O/c1-4-21-16-6-9-20(10-7-16)17-5-8-18-12-15(17)13-19-11-14(2)3/h5,8,12,14,16,19H,4,6-7,9-11,13H2,1-3H3. The van der Waals surface area contributed by atoms with E-state index in [1.54, 1.807) is 0 Å². The van der Waals surface area contributed by atoms with E-state index in [9.17, 15) is 0 Å². The lowest BCUT2D eigenvalue weighted by molar-refractivity contribution is 0.0459. The van der Waals surface area contributed by atoms with Crippen molar-refractivity contribution in [3.8, 4) is 0 Å². The second-order valence-corrected chi connectivity index (χ2v) is 6.17. The van der Waals surface area contributed by atoms with Gasteiger partial charge in [-0.05, 0) is 38.3 Å². The second-order valence-electron chi connectivity index (χ2n) is 6.17. The average molecular weight is 291 g/mol. The zero-order chi connectivity index (χ0) is 15.1. The number of hydrogen-bond acceptors (Lipinski definition) is 4. The summed E-state index contributed by atoms with van der Waals surface area (Å²) in [4.78, 5) is 6.77. The third kappa shape index (κ3) is 4.97. The molecular weight excluding hydrogens is 262 g/mol. The normalized spacial score (nSPS) is 16.7. The fourth-order valence-corrected chi connectivity index (χ4v) is 2.86. The van der Waals surface area contributed by atoms with Crippen molar-refractivity contribution in [1.29, 1.82) is 0 Å². The Morgan fingerprint density at radius 2 is 2.14 bits per heavy atom. The number of nitrogens with one attached hydrogen (secondary N) is 1. The Bertz CT molecular complexity index is 414. The van der Waals surface area contributed by atoms with Gasteiger partial charge in [-0.1, -0.05) is 13.8 Å². The molecule has 2 heterocycles. The molecule has 4 heteroatoms. The van der Waals surface area contributed by atoms with Crippen molar-refractivity contribution >= 4 is 5.69 Å². The van der Waals surface area contributed by atoms with Crippen LogP contribution in [0.4, 0.5) is 5.69 Å². The molecule has 1 aromatic heterocycles. The second kappa shape index (κ2) is 8.35. The first-order valence-corrected chi connectivity index (χ1v) is 8.20. The molecule has 0 aliphatic carbocycles. The van der Waals surface area contributed by atoms with Gasteiger partial charge in [0.2, 0.25) is 0 Å². The predicted octanol–water partition coefficient (Wildman–Crippen LogP) is 2.83. The van der Waals surface area contributed by atoms with Crippen LogP contribution in [0.15, 0.2) is 18.5 Å². The van der Waals surface area contributed by atoms with Crippen LogP contribution in [0.3, 0.4) is 0 Å². The van der Waals surface area contributed by atoms with Crippen LogP contribution in [0.25, 0.3) is 0 Å². The molecule has 1 saturated heterocycles. The highest BCUT2D eigenvalue weighted by atomic mass is 16.5. The summed E-state index contributed by atoms with van der Waals surface area (Å²) in [6.07, 6.45) is 6.58. The minimum atomic E-state index is 0.440. The summed E-state index contributed by atoms with van der Waals surface area (Å²) < 4.78 is 5.74. The van der Waals surface area contributed by atoms with Gasteiger partial charge in [-0.25, -0.2) is 0 Å². The maximum absolute atomic E-state index is 5.74. The molecule has 0 bridgehead atoms. The fourth-order valence-electron chi connectivity index (χ4n) is 2.86. The lowest BCUT2D eigenvalue weighted by Gasteiger charge is -2.34. The molecule has 0 aromatic carbocycles. The van der Waals surface area contributed by atoms with E-state index in [-0.39, 0.29) is 0 Å². The number of ether oxygens (including phenoxy) is 1. The molecule has 118 valence electrons. The highest BCUT2D eigenvalue weighted by molar-refractivity contribution is 5.52. The predicted molar refractivity (Wildman–Crippen MR) is 87.6 cm³/mol. The van der Waals surface area contributed by atoms with Gasteiger partial charge in [0.1, 0.15) is 0 Å². The van der Waals surface area contributed by atoms with Crippen molar-refractivity contribution in [2.75, 3.05) is 31.1 Å². The number of piperidine rings is 1. The lowest BCUT2D eigenvalue weighted by atomic mass is 10.1. The summed E-state index contributed by atoms with van der Waals surface area (Å²) in [5.74, 6) is 0.673. The number of aromatic nitrogens is 1. The van der Waals surface area contributed by atoms with E-state index in [1.165, 1.54) is 11.3 Å². The largest absolute Gasteiger partial charge is 0.378 e. The van der Waals surface area contributed by atoms with Crippen LogP contribution in [0.1, 0.15) is 39.2 Å². The molecule has 21 heavy (non-hydrogen) atoms. The molecule has 0 saturated carbocycles. The van der Waals surface area contributed by atoms with Crippen molar-refractivity contribution in [2.45, 2.75) is 46.3 Å². The molecule has 4 nitrogen and oxygen atoms in total. The van der Waals surface area contributed by atoms with Gasteiger partial charge >= 0.3 is 0 Å². The molecule has 1 N–H and O–H groups in total. The Morgan fingerprint density at radius 3 is 2.81 bits per heavy atom. The monoisotopic (exact) mass is 291 g/mol. The van der Waals surface area contributed by atoms with E-state index in [2.05, 4.69) is 42.0 Å². The van der Waals surface area contributed by atoms with Gasteiger partial charge in [0.25, 0.3) is 0 Å². The van der Waals surface area contributed by atoms with E-state index in [4.69, 9.17) is 4.74 Å². The van der Waals surface area contributed by atoms with E-state index in [1.807, 2.05) is 12.4 Å². The first-order chi connectivity index (χ1) is 10.2. The van der Waals surface area contributed by atoms with Crippen molar-refractivity contribution in [3.63, 3.8) is 0 Å². The number of nitrogens with zero attached hydrogens (tertiary/aromatic N) is 2. The molecule has 0 radical (unpaired) electrons. The van der Waals surface area contributed by atoms with Crippen LogP contribution in [0, 0.1) is 5.92 Å². The number of anilines is 1. The molecule has 1 aliphatic rings. The molecule has 0 atom stereocenters. The van der Waals surface area contributed by atoms with Gasteiger partial charge in [0.05, 0.1) is 6.10 Å². The van der Waals surface area contributed by atoms with E-state index >= 15 is 0 Å². The minimum Gasteiger partial charge on any atom is -0.378 e. The van der Waals surface area contributed by atoms with Crippen molar-refractivity contribution in [2.24, 2.45) is 5.92 Å². The molecule has 0 amide bonds. The van der Waals surface area contributed by atoms with Gasteiger partial charge in [-0.15, -0.1) is 0 Å². The third-order valence-electron chi connectivity index (χ3n) is 3.93. The Hall–Kier alpha value is -1.13. The van der Waals surface area contributed by atoms with Crippen LogP contribution >= 0.6 is 0 Å². The van der Waals surface area contributed by atoms with Crippen LogP contribution < -0.4 is 10.2 Å². The molecule has 1 aliphatic heterocycles. The summed E-state index contributed by atoms with van der Waals surface area (Å²) in [7, 11) is 0. The zero-order valence-corrected chi connectivity index (χ0v) is 13.6. The highest BCUT2D eigenvalue weighted by Crippen LogP contribution is 2.24. The first kappa shape index (κ1) is 16.2. The van der Waals surface area contributed by atoms with Crippen LogP contribution in [0.2, 0.25) is 0 Å². The number of pyridine rings is 1. The summed E-state index contributed by atoms with van der Waals surface area (Å²) in [5.41, 5.74) is 2.63. The summed E-state index contributed by atoms with van der Waals surface area (Å²) in [6, 6.07) is 2.15. The summed E-state index contributed by atoms with van der Waals surface area (Å²) in [6.45, 7) is 11.5. The molecular formula is C17H29N3O. The Kier molecular flexibility index (Phi) is 6.46. The fraction of sp³-hybridized carbons (Fsp3) is 0.706. The Balaban J connectivity index is 1.93. The van der Waals surface area contributed by atoms with Crippen molar-refractivity contribution in [3.05, 3.63) is 24.0 Å². The number of rotatable bonds is 7. The maximum Gasteiger partial charge on any atom is 0.0608 e. The Labute approximate surface area is 128 Å². The molecule has 1 aromatic rings. The Morgan fingerprint density at radius 1 is 1.38 bits per heavy atom. The van der Waals surface area contributed by atoms with Gasteiger partial charge in [-0.2, -0.15) is 0 Å². The van der Waals surface area contributed by atoms with Crippen LogP contribution in [-0.4, -0.2) is 37.3 Å². The topological polar surface area (TPSA) is 37.4 Å².